The molecule has 1 saturated heterocycles. The Morgan fingerprint density at radius 1 is 0.848 bits per heavy atom. The van der Waals surface area contributed by atoms with Crippen LogP contribution < -0.4 is 10.1 Å². The minimum absolute atomic E-state index is 0.114. The highest BCUT2D eigenvalue weighted by Gasteiger charge is 2.33. The van der Waals surface area contributed by atoms with E-state index < -0.39 is 5.82 Å². The number of carbonyl (C=O) groups is 1. The minimum atomic E-state index is -0.410. The van der Waals surface area contributed by atoms with Crippen LogP contribution in [0, 0.1) is 5.82 Å². The average Bonchev–Trinajstić information content (AvgIpc) is 3.95. The second-order valence-corrected chi connectivity index (χ2v) is 19.4. The van der Waals surface area contributed by atoms with E-state index in [1.165, 1.54) is 54.8 Å². The van der Waals surface area contributed by atoms with Crippen molar-refractivity contribution in [2.75, 3.05) is 50.5 Å². The third-order valence-corrected chi connectivity index (χ3v) is 14.1. The second kappa shape index (κ2) is 21.8. The molecule has 344 valence electrons. The molecule has 1 amide bonds. The molecule has 6 aromatic rings. The number of piperazine rings is 1. The zero-order chi connectivity index (χ0) is 45.4. The molecular formula is C52H56BrCl2FN8O2. The number of anilines is 2. The number of halogens is 4. The highest BCUT2D eigenvalue weighted by Crippen LogP contribution is 2.38. The summed E-state index contributed by atoms with van der Waals surface area (Å²) in [4.78, 5) is 27.5. The molecule has 9 rings (SSSR count). The first-order valence-corrected chi connectivity index (χ1v) is 25.1. The maximum atomic E-state index is 14.1. The number of nitrogens with zero attached hydrogens (tertiary/aromatic N) is 7. The zero-order valence-electron chi connectivity index (χ0n) is 37.2. The van der Waals surface area contributed by atoms with Gasteiger partial charge in [0.25, 0.3) is 5.91 Å². The minimum Gasteiger partial charge on any atom is -0.494 e. The predicted molar refractivity (Wildman–Crippen MR) is 268 cm³/mol. The number of ether oxygens (including phenoxy) is 1. The molecule has 1 N–H and O–H groups in total. The molecule has 1 saturated carbocycles. The fourth-order valence-corrected chi connectivity index (χ4v) is 10.2. The number of benzene rings is 4. The number of nitrogens with one attached hydrogen (secondary N) is 1. The van der Waals surface area contributed by atoms with Gasteiger partial charge in [0.05, 0.1) is 18.4 Å². The Labute approximate surface area is 405 Å². The first-order chi connectivity index (χ1) is 32.3. The van der Waals surface area contributed by atoms with Gasteiger partial charge in [0.1, 0.15) is 23.1 Å². The van der Waals surface area contributed by atoms with Gasteiger partial charge in [-0.25, -0.2) is 14.4 Å². The van der Waals surface area contributed by atoms with E-state index in [9.17, 15) is 9.18 Å². The molecule has 2 aromatic heterocycles. The van der Waals surface area contributed by atoms with E-state index in [1.54, 1.807) is 6.07 Å². The third-order valence-electron chi connectivity index (χ3n) is 13.2. The summed E-state index contributed by atoms with van der Waals surface area (Å²) in [7, 11) is 0. The van der Waals surface area contributed by atoms with Crippen molar-refractivity contribution in [1.29, 1.82) is 0 Å². The Morgan fingerprint density at radius 3 is 2.32 bits per heavy atom. The Hall–Kier alpha value is -4.85. The summed E-state index contributed by atoms with van der Waals surface area (Å²) in [5, 5.41) is 10.7. The van der Waals surface area contributed by atoms with Crippen LogP contribution in [0.4, 0.5) is 16.0 Å². The van der Waals surface area contributed by atoms with Gasteiger partial charge in [-0.2, -0.15) is 10.1 Å². The SMILES string of the molecule is O=C(CCl)N1N=C(c2ccc(Br)cc2)CC1c1ccc(OCCCCCCN2CCN(Cc3ccc(-c4cn(C5CCCCC5)c5nc(Nc6cc(F)cc(Cl)c6)ncc45)cc3)CC2)cc1. The van der Waals surface area contributed by atoms with Crippen LogP contribution in [-0.2, 0) is 11.3 Å². The Balaban J connectivity index is 0.700. The summed E-state index contributed by atoms with van der Waals surface area (Å²) in [6.45, 7) is 7.09. The topological polar surface area (TPSA) is 91.1 Å². The van der Waals surface area contributed by atoms with E-state index >= 15 is 0 Å². The first kappa shape index (κ1) is 46.3. The van der Waals surface area contributed by atoms with Gasteiger partial charge in [0.2, 0.25) is 5.95 Å². The standard InChI is InChI=1S/C52H56BrCl2FN8O2/c53-40-18-14-38(15-19-40)48-31-49(64(60-48)50(65)32-54)39-16-20-45(21-17-39)66-27-7-2-1-6-22-61-23-25-62(26-24-61)34-36-10-12-37(13-11-36)47-35-63(44-8-4-3-5-9-44)51-46(47)33-57-52(59-51)58-43-29-41(55)28-42(56)30-43/h10-21,28-30,33,35,44,49H,1-9,22-27,31-32,34H2,(H,57,58,59). The molecule has 2 aliphatic heterocycles. The van der Waals surface area contributed by atoms with Crippen molar-refractivity contribution < 1.29 is 13.9 Å². The molecule has 3 aliphatic rings. The molecule has 66 heavy (non-hydrogen) atoms. The summed E-state index contributed by atoms with van der Waals surface area (Å²) < 4.78 is 23.5. The van der Waals surface area contributed by atoms with Crippen molar-refractivity contribution in [3.63, 3.8) is 0 Å². The molecule has 10 nitrogen and oxygen atoms in total. The van der Waals surface area contributed by atoms with Crippen molar-refractivity contribution in [1.82, 2.24) is 29.3 Å². The predicted octanol–water partition coefficient (Wildman–Crippen LogP) is 12.6. The van der Waals surface area contributed by atoms with E-state index in [1.807, 2.05) is 54.7 Å². The number of aromatic nitrogens is 3. The number of hydrogen-bond acceptors (Lipinski definition) is 8. The van der Waals surface area contributed by atoms with Crippen LogP contribution in [-0.4, -0.2) is 86.2 Å². The number of alkyl halides is 1. The number of unbranched alkanes of at least 4 members (excludes halogenated alkanes) is 3. The lowest BCUT2D eigenvalue weighted by Crippen LogP contribution is -2.46. The fourth-order valence-electron chi connectivity index (χ4n) is 9.58. The monoisotopic (exact) mass is 992 g/mol. The van der Waals surface area contributed by atoms with Crippen LogP contribution in [0.3, 0.4) is 0 Å². The number of hydrazone groups is 1. The van der Waals surface area contributed by atoms with Gasteiger partial charge in [-0.05, 0) is 96.9 Å². The molecule has 0 spiro atoms. The molecule has 0 radical (unpaired) electrons. The molecule has 1 aliphatic carbocycles. The van der Waals surface area contributed by atoms with Gasteiger partial charge in [-0.15, -0.1) is 11.6 Å². The van der Waals surface area contributed by atoms with E-state index in [0.717, 1.165) is 114 Å². The lowest BCUT2D eigenvalue weighted by atomic mass is 9.95. The van der Waals surface area contributed by atoms with Crippen molar-refractivity contribution in [3.8, 4) is 16.9 Å². The van der Waals surface area contributed by atoms with Crippen molar-refractivity contribution in [2.24, 2.45) is 5.10 Å². The molecule has 4 aromatic carbocycles. The van der Waals surface area contributed by atoms with E-state index in [-0.39, 0.29) is 17.8 Å². The summed E-state index contributed by atoms with van der Waals surface area (Å²) >= 11 is 15.6. The van der Waals surface area contributed by atoms with E-state index in [4.69, 9.17) is 32.9 Å². The fraction of sp³-hybridized carbons (Fsp3) is 0.385. The molecular weight excluding hydrogens is 938 g/mol. The van der Waals surface area contributed by atoms with Gasteiger partial charge in [-0.3, -0.25) is 9.69 Å². The lowest BCUT2D eigenvalue weighted by molar-refractivity contribution is -0.130. The quantitative estimate of drug-likeness (QED) is 0.0719. The van der Waals surface area contributed by atoms with Crippen LogP contribution in [0.1, 0.15) is 93.0 Å². The summed E-state index contributed by atoms with van der Waals surface area (Å²) in [6.07, 6.45) is 15.3. The Morgan fingerprint density at radius 2 is 1.58 bits per heavy atom. The van der Waals surface area contributed by atoms with E-state index in [2.05, 4.69) is 76.2 Å². The molecule has 4 heterocycles. The van der Waals surface area contributed by atoms with Crippen molar-refractivity contribution >= 4 is 73.4 Å². The van der Waals surface area contributed by atoms with Crippen LogP contribution in [0.25, 0.3) is 22.2 Å². The third kappa shape index (κ3) is 11.5. The number of hydrogen-bond donors (Lipinski definition) is 1. The molecule has 14 heteroatoms. The average molecular weight is 995 g/mol. The Kier molecular flexibility index (Phi) is 15.3. The van der Waals surface area contributed by atoms with Gasteiger partial charge in [0, 0.05) is 83.7 Å². The summed E-state index contributed by atoms with van der Waals surface area (Å²) in [5.41, 5.74) is 7.89. The van der Waals surface area contributed by atoms with Crippen LogP contribution in [0.15, 0.2) is 113 Å². The number of amides is 1. The Bertz CT molecular complexity index is 2590. The van der Waals surface area contributed by atoms with E-state index in [0.29, 0.717) is 35.7 Å². The molecule has 1 unspecified atom stereocenters. The molecule has 2 fully saturated rings. The molecule has 1 atom stereocenters. The second-order valence-electron chi connectivity index (χ2n) is 17.7. The highest BCUT2D eigenvalue weighted by atomic mass is 79.9. The van der Waals surface area contributed by atoms with Gasteiger partial charge >= 0.3 is 0 Å². The maximum absolute atomic E-state index is 14.1. The largest absolute Gasteiger partial charge is 0.494 e. The number of rotatable bonds is 17. The lowest BCUT2D eigenvalue weighted by Gasteiger charge is -2.34. The van der Waals surface area contributed by atoms with Crippen LogP contribution >= 0.6 is 39.1 Å². The van der Waals surface area contributed by atoms with Gasteiger partial charge in [-0.1, -0.05) is 108 Å². The van der Waals surface area contributed by atoms with Gasteiger partial charge < -0.3 is 19.5 Å². The van der Waals surface area contributed by atoms with Crippen LogP contribution in [0.5, 0.6) is 5.75 Å². The smallest absolute Gasteiger partial charge is 0.258 e. The highest BCUT2D eigenvalue weighted by molar-refractivity contribution is 9.10. The normalized spacial score (nSPS) is 17.4. The first-order valence-electron chi connectivity index (χ1n) is 23.4. The van der Waals surface area contributed by atoms with Crippen molar-refractivity contribution in [3.05, 3.63) is 135 Å². The molecule has 0 bridgehead atoms. The zero-order valence-corrected chi connectivity index (χ0v) is 40.3. The number of carbonyl (C=O) groups excluding carboxylic acids is 1. The summed E-state index contributed by atoms with van der Waals surface area (Å²) in [5.74, 6) is 0.523. The van der Waals surface area contributed by atoms with Gasteiger partial charge in [0.15, 0.2) is 0 Å². The number of fused-ring (bicyclic) bond motifs is 1. The van der Waals surface area contributed by atoms with Crippen LogP contribution in [0.2, 0.25) is 5.02 Å². The van der Waals surface area contributed by atoms with Crippen molar-refractivity contribution in [2.45, 2.75) is 82.8 Å². The maximum Gasteiger partial charge on any atom is 0.258 e. The summed E-state index contributed by atoms with van der Waals surface area (Å²) in [6, 6.07) is 29.6.